The number of unbranched alkanes of at least 4 members (excludes halogenated alkanes) is 45. The van der Waals surface area contributed by atoms with Gasteiger partial charge in [0.05, 0.1) is 38.6 Å². The number of aliphatic hydroxyl groups excluding tert-OH is 11. The predicted molar refractivity (Wildman–Crippen MR) is 393 cm³/mol. The maximum atomic E-state index is 13.5. The first kappa shape index (κ1) is 91.2. The summed E-state index contributed by atoms with van der Waals surface area (Å²) >= 11 is 0. The normalized spacial score (nSPS) is 26.7. The van der Waals surface area contributed by atoms with E-state index in [2.05, 4.69) is 43.5 Å². The van der Waals surface area contributed by atoms with Gasteiger partial charge in [0.1, 0.15) is 73.2 Å². The molecule has 19 heteroatoms. The predicted octanol–water partition coefficient (Wildman–Crippen LogP) is 13.5. The minimum absolute atomic E-state index is 0.248. The van der Waals surface area contributed by atoms with Crippen molar-refractivity contribution < 1.29 is 89.4 Å². The molecule has 0 aliphatic carbocycles. The van der Waals surface area contributed by atoms with Gasteiger partial charge in [0.15, 0.2) is 18.9 Å². The molecule has 17 unspecified atom stereocenters. The second kappa shape index (κ2) is 61.2. The Labute approximate surface area is 600 Å². The SMILES string of the molecule is CCCCCCC/C=C\C/C=C\CCCCCCCCCCCCCCCCCCCCCCCCCC(=O)NC(COC1OC(CO)C(OC2OC(CO)C(OC3OC(CO)C(O)C(O)C3O)C(O)C2O)C(O)C1O)C(O)/C=C/CCCCCCCCCCCCCCCCCCC. The number of nitrogens with one attached hydrogen (secondary N) is 1. The topological polar surface area (TPSA) is 307 Å². The lowest BCUT2D eigenvalue weighted by molar-refractivity contribution is -0.379. The number of hydrogen-bond acceptors (Lipinski definition) is 18. The van der Waals surface area contributed by atoms with E-state index in [9.17, 15) is 61.0 Å². The molecule has 0 bridgehead atoms. The van der Waals surface area contributed by atoms with Gasteiger partial charge in [-0.15, -0.1) is 0 Å². The molecule has 0 aromatic rings. The summed E-state index contributed by atoms with van der Waals surface area (Å²) < 4.78 is 34.4. The fraction of sp³-hybridized carbons (Fsp3) is 0.912. The lowest BCUT2D eigenvalue weighted by Gasteiger charge is -2.48. The van der Waals surface area contributed by atoms with E-state index in [-0.39, 0.29) is 18.9 Å². The molecule has 3 rings (SSSR count). The van der Waals surface area contributed by atoms with Crippen LogP contribution in [-0.2, 0) is 33.2 Å². The summed E-state index contributed by atoms with van der Waals surface area (Å²) in [6.45, 7) is 1.77. The van der Waals surface area contributed by atoms with Gasteiger partial charge in [-0.25, -0.2) is 0 Å². The quantitative estimate of drug-likeness (QED) is 0.0199. The molecule has 99 heavy (non-hydrogen) atoms. The number of carbonyl (C=O) groups is 1. The van der Waals surface area contributed by atoms with Gasteiger partial charge >= 0.3 is 0 Å². The Morgan fingerprint density at radius 3 is 1.03 bits per heavy atom. The molecule has 1 amide bonds. The van der Waals surface area contributed by atoms with Gasteiger partial charge in [0.2, 0.25) is 5.91 Å². The first-order valence-electron chi connectivity index (χ1n) is 40.7. The van der Waals surface area contributed by atoms with Crippen LogP contribution in [0.15, 0.2) is 36.5 Å². The molecule has 3 fully saturated rings. The standard InChI is InChI=1S/C80H149NO18/c1-3-5-7-9-11-13-15-17-19-21-23-24-25-26-27-28-29-30-31-32-33-34-35-36-37-38-40-42-44-46-48-50-52-54-56-58-68(86)81-63(64(85)57-55-53-51-49-47-45-43-41-39-22-20-18-16-14-12-10-8-6-4-2)62-94-78-74(92)71(89)76(66(60-83)96-78)99-80-75(93)72(90)77(67(61-84)97-80)98-79-73(91)70(88)69(87)65(59-82)95-79/h15,17,21,23,55,57,63-67,69-80,82-85,87-93H,3-14,16,18-20,22,24-54,56,58-62H2,1-2H3,(H,81,86)/b17-15-,23-21-,57-55+. The molecular weight excluding hydrogens is 1260 g/mol. The molecule has 12 N–H and O–H groups in total. The van der Waals surface area contributed by atoms with E-state index in [1.54, 1.807) is 6.08 Å². The third kappa shape index (κ3) is 41.5. The molecule has 0 aromatic carbocycles. The molecule has 0 radical (unpaired) electrons. The molecular formula is C80H149NO18. The lowest BCUT2D eigenvalue weighted by atomic mass is 9.96. The molecule has 3 aliphatic heterocycles. The van der Waals surface area contributed by atoms with Gasteiger partial charge < -0.3 is 89.9 Å². The van der Waals surface area contributed by atoms with E-state index in [1.807, 2.05) is 6.08 Å². The van der Waals surface area contributed by atoms with E-state index in [1.165, 1.54) is 257 Å². The summed E-state index contributed by atoms with van der Waals surface area (Å²) in [5.41, 5.74) is 0. The summed E-state index contributed by atoms with van der Waals surface area (Å²) in [6, 6.07) is -0.972. The van der Waals surface area contributed by atoms with Crippen molar-refractivity contribution >= 4 is 5.91 Å². The fourth-order valence-corrected chi connectivity index (χ4v) is 13.9. The highest BCUT2D eigenvalue weighted by molar-refractivity contribution is 5.76. The van der Waals surface area contributed by atoms with Crippen LogP contribution < -0.4 is 5.32 Å². The second-order valence-corrected chi connectivity index (χ2v) is 29.2. The Hall–Kier alpha value is -1.99. The molecule has 3 aliphatic rings. The van der Waals surface area contributed by atoms with Crippen molar-refractivity contribution in [3.8, 4) is 0 Å². The Morgan fingerprint density at radius 1 is 0.364 bits per heavy atom. The molecule has 0 spiro atoms. The largest absolute Gasteiger partial charge is 0.394 e. The van der Waals surface area contributed by atoms with Crippen molar-refractivity contribution in [3.05, 3.63) is 36.5 Å². The number of rotatable bonds is 65. The Morgan fingerprint density at radius 2 is 0.667 bits per heavy atom. The van der Waals surface area contributed by atoms with E-state index in [0.29, 0.717) is 6.42 Å². The van der Waals surface area contributed by atoms with Crippen molar-refractivity contribution in [2.75, 3.05) is 26.4 Å². The zero-order valence-electron chi connectivity index (χ0n) is 62.2. The van der Waals surface area contributed by atoms with Crippen LogP contribution >= 0.6 is 0 Å². The zero-order chi connectivity index (χ0) is 71.8. The highest BCUT2D eigenvalue weighted by Gasteiger charge is 2.54. The van der Waals surface area contributed by atoms with Crippen LogP contribution in [0.4, 0.5) is 0 Å². The number of carbonyl (C=O) groups excluding carboxylic acids is 1. The van der Waals surface area contributed by atoms with Crippen molar-refractivity contribution in [2.45, 2.75) is 439 Å². The van der Waals surface area contributed by atoms with Crippen LogP contribution in [0.5, 0.6) is 0 Å². The number of amides is 1. The van der Waals surface area contributed by atoms with E-state index in [0.717, 1.165) is 51.4 Å². The van der Waals surface area contributed by atoms with Crippen molar-refractivity contribution in [1.82, 2.24) is 5.32 Å². The average Bonchev–Trinajstić information content (AvgIpc) is 0.784. The second-order valence-electron chi connectivity index (χ2n) is 29.2. The van der Waals surface area contributed by atoms with E-state index in [4.69, 9.17) is 28.4 Å². The number of ether oxygens (including phenoxy) is 6. The smallest absolute Gasteiger partial charge is 0.220 e. The average molecular weight is 1410 g/mol. The Kier molecular flexibility index (Phi) is 56.4. The first-order chi connectivity index (χ1) is 48.3. The van der Waals surface area contributed by atoms with Crippen molar-refractivity contribution in [1.29, 1.82) is 0 Å². The summed E-state index contributed by atoms with van der Waals surface area (Å²) in [5, 5.41) is 121. The van der Waals surface area contributed by atoms with Crippen LogP contribution in [0.25, 0.3) is 0 Å². The number of aliphatic hydroxyl groups is 11. The molecule has 3 saturated heterocycles. The molecule has 17 atom stereocenters. The van der Waals surface area contributed by atoms with Gasteiger partial charge in [0, 0.05) is 6.42 Å². The number of allylic oxidation sites excluding steroid dienone is 5. The van der Waals surface area contributed by atoms with Crippen molar-refractivity contribution in [2.24, 2.45) is 0 Å². The summed E-state index contributed by atoms with van der Waals surface area (Å²) in [7, 11) is 0. The summed E-state index contributed by atoms with van der Waals surface area (Å²) in [5.74, 6) is -0.269. The van der Waals surface area contributed by atoms with Crippen LogP contribution in [0.2, 0.25) is 0 Å². The highest BCUT2D eigenvalue weighted by atomic mass is 16.8. The van der Waals surface area contributed by atoms with Crippen LogP contribution in [0.3, 0.4) is 0 Å². The summed E-state index contributed by atoms with van der Waals surface area (Å²) in [6.07, 6.45) is 48.5. The van der Waals surface area contributed by atoms with Gasteiger partial charge in [-0.1, -0.05) is 314 Å². The van der Waals surface area contributed by atoms with Gasteiger partial charge in [-0.3, -0.25) is 4.79 Å². The minimum atomic E-state index is -1.98. The van der Waals surface area contributed by atoms with Crippen LogP contribution in [0.1, 0.15) is 335 Å². The third-order valence-corrected chi connectivity index (χ3v) is 20.4. The molecule has 19 nitrogen and oxygen atoms in total. The maximum Gasteiger partial charge on any atom is 0.220 e. The van der Waals surface area contributed by atoms with Crippen molar-refractivity contribution in [3.63, 3.8) is 0 Å². The highest BCUT2D eigenvalue weighted by Crippen LogP contribution is 2.33. The first-order valence-corrected chi connectivity index (χ1v) is 40.7. The Balaban J connectivity index is 1.33. The zero-order valence-corrected chi connectivity index (χ0v) is 62.2. The van der Waals surface area contributed by atoms with Crippen LogP contribution in [0, 0.1) is 0 Å². The van der Waals surface area contributed by atoms with Gasteiger partial charge in [-0.2, -0.15) is 0 Å². The lowest BCUT2D eigenvalue weighted by Crippen LogP contribution is -2.66. The molecule has 0 aromatic heterocycles. The fourth-order valence-electron chi connectivity index (χ4n) is 13.9. The van der Waals surface area contributed by atoms with Gasteiger partial charge in [0.25, 0.3) is 0 Å². The number of hydrogen-bond donors (Lipinski definition) is 12. The maximum absolute atomic E-state index is 13.5. The van der Waals surface area contributed by atoms with Gasteiger partial charge in [-0.05, 0) is 51.4 Å². The van der Waals surface area contributed by atoms with E-state index < -0.39 is 124 Å². The van der Waals surface area contributed by atoms with E-state index >= 15 is 0 Å². The molecule has 582 valence electrons. The summed E-state index contributed by atoms with van der Waals surface area (Å²) in [4.78, 5) is 13.5. The van der Waals surface area contributed by atoms with Crippen LogP contribution in [-0.4, -0.2) is 193 Å². The monoisotopic (exact) mass is 1410 g/mol. The third-order valence-electron chi connectivity index (χ3n) is 20.4. The molecule has 0 saturated carbocycles. The Bertz CT molecular complexity index is 1930. The minimum Gasteiger partial charge on any atom is -0.394 e. The molecule has 3 heterocycles.